The first kappa shape index (κ1) is 19.1. The molecule has 0 unspecified atom stereocenters. The lowest BCUT2D eigenvalue weighted by molar-refractivity contribution is -0.128. The van der Waals surface area contributed by atoms with Gasteiger partial charge in [0.1, 0.15) is 17.4 Å². The molecular weight excluding hydrogens is 340 g/mol. The SMILES string of the molecule is COc1ccc(N/C=C(/C#N)C(=O)N(C)C2CCN(C)CC2)cc1Cl. The number of halogens is 1. The van der Waals surface area contributed by atoms with Crippen molar-refractivity contribution in [3.8, 4) is 11.8 Å². The van der Waals surface area contributed by atoms with Crippen LogP contribution in [-0.2, 0) is 4.79 Å². The minimum atomic E-state index is -0.274. The monoisotopic (exact) mass is 362 g/mol. The average Bonchev–Trinajstić information content (AvgIpc) is 2.62. The quantitative estimate of drug-likeness (QED) is 0.644. The zero-order valence-corrected chi connectivity index (χ0v) is 15.5. The van der Waals surface area contributed by atoms with Gasteiger partial charge >= 0.3 is 0 Å². The number of benzene rings is 1. The third kappa shape index (κ3) is 4.88. The molecule has 0 spiro atoms. The summed E-state index contributed by atoms with van der Waals surface area (Å²) in [7, 11) is 5.37. The number of likely N-dealkylation sites (N-methyl/N-ethyl adjacent to an activating group) is 1. The number of amides is 1. The summed E-state index contributed by atoms with van der Waals surface area (Å²) in [5, 5.41) is 12.7. The van der Waals surface area contributed by atoms with Gasteiger partial charge in [-0.2, -0.15) is 5.26 Å². The number of rotatable bonds is 5. The Kier molecular flexibility index (Phi) is 6.68. The van der Waals surface area contributed by atoms with Crippen LogP contribution >= 0.6 is 11.6 Å². The molecule has 0 aliphatic carbocycles. The molecule has 0 atom stereocenters. The molecule has 0 saturated carbocycles. The van der Waals surface area contributed by atoms with Gasteiger partial charge < -0.3 is 19.9 Å². The minimum Gasteiger partial charge on any atom is -0.495 e. The predicted molar refractivity (Wildman–Crippen MR) is 98.6 cm³/mol. The smallest absolute Gasteiger partial charge is 0.266 e. The molecule has 0 radical (unpaired) electrons. The fourth-order valence-corrected chi connectivity index (χ4v) is 3.05. The van der Waals surface area contributed by atoms with Gasteiger partial charge in [0.25, 0.3) is 5.91 Å². The molecule has 25 heavy (non-hydrogen) atoms. The molecule has 1 heterocycles. The molecule has 134 valence electrons. The van der Waals surface area contributed by atoms with Crippen molar-refractivity contribution in [1.29, 1.82) is 5.26 Å². The molecule has 7 heteroatoms. The van der Waals surface area contributed by atoms with Crippen molar-refractivity contribution < 1.29 is 9.53 Å². The number of likely N-dealkylation sites (tertiary alicyclic amines) is 1. The maximum absolute atomic E-state index is 12.6. The molecule has 0 bridgehead atoms. The molecule has 1 saturated heterocycles. The lowest BCUT2D eigenvalue weighted by atomic mass is 10.0. The fraction of sp³-hybridized carbons (Fsp3) is 0.444. The van der Waals surface area contributed by atoms with Crippen molar-refractivity contribution in [3.05, 3.63) is 35.0 Å². The van der Waals surface area contributed by atoms with Crippen molar-refractivity contribution in [2.24, 2.45) is 0 Å². The Hall–Kier alpha value is -2.23. The number of hydrogen-bond donors (Lipinski definition) is 1. The highest BCUT2D eigenvalue weighted by Gasteiger charge is 2.25. The highest BCUT2D eigenvalue weighted by atomic mass is 35.5. The number of anilines is 1. The second-order valence-corrected chi connectivity index (χ2v) is 6.52. The second kappa shape index (κ2) is 8.75. The largest absolute Gasteiger partial charge is 0.495 e. The van der Waals surface area contributed by atoms with E-state index in [4.69, 9.17) is 16.3 Å². The second-order valence-electron chi connectivity index (χ2n) is 6.11. The third-order valence-electron chi connectivity index (χ3n) is 4.44. The van der Waals surface area contributed by atoms with Crippen LogP contribution in [0.2, 0.25) is 5.02 Å². The van der Waals surface area contributed by atoms with Gasteiger partial charge in [-0.25, -0.2) is 0 Å². The molecule has 1 aromatic rings. The van der Waals surface area contributed by atoms with Crippen molar-refractivity contribution >= 4 is 23.2 Å². The maximum atomic E-state index is 12.6. The Morgan fingerprint density at radius 1 is 1.48 bits per heavy atom. The first-order valence-electron chi connectivity index (χ1n) is 8.12. The van der Waals surface area contributed by atoms with Gasteiger partial charge in [-0.1, -0.05) is 11.6 Å². The molecule has 0 aromatic heterocycles. The van der Waals surface area contributed by atoms with E-state index in [1.807, 2.05) is 6.07 Å². The standard InChI is InChI=1S/C18H23ClN4O2/c1-22-8-6-15(7-9-22)23(2)18(24)13(11-20)12-21-14-4-5-17(25-3)16(19)10-14/h4-5,10,12,15,21H,6-9H2,1-3H3/b13-12-. The van der Waals surface area contributed by atoms with E-state index in [9.17, 15) is 10.1 Å². The fourth-order valence-electron chi connectivity index (χ4n) is 2.79. The molecule has 1 amide bonds. The average molecular weight is 363 g/mol. The zero-order valence-electron chi connectivity index (χ0n) is 14.8. The number of carbonyl (C=O) groups excluding carboxylic acids is 1. The number of ether oxygens (including phenoxy) is 1. The van der Waals surface area contributed by atoms with Crippen molar-refractivity contribution in [2.75, 3.05) is 39.6 Å². The summed E-state index contributed by atoms with van der Waals surface area (Å²) in [5.41, 5.74) is 0.738. The summed E-state index contributed by atoms with van der Waals surface area (Å²) in [6, 6.07) is 7.30. The molecule has 1 N–H and O–H groups in total. The normalized spacial score (nSPS) is 16.2. The third-order valence-corrected chi connectivity index (χ3v) is 4.74. The number of nitrogens with zero attached hydrogens (tertiary/aromatic N) is 3. The van der Waals surface area contributed by atoms with Crippen LogP contribution < -0.4 is 10.1 Å². The number of piperidine rings is 1. The first-order chi connectivity index (χ1) is 12.0. The zero-order chi connectivity index (χ0) is 18.4. The van der Waals surface area contributed by atoms with E-state index >= 15 is 0 Å². The Morgan fingerprint density at radius 3 is 2.72 bits per heavy atom. The number of methoxy groups -OCH3 is 1. The lowest BCUT2D eigenvalue weighted by Gasteiger charge is -2.34. The van der Waals surface area contributed by atoms with E-state index in [1.165, 1.54) is 6.20 Å². The number of hydrogen-bond acceptors (Lipinski definition) is 5. The predicted octanol–water partition coefficient (Wildman–Crippen LogP) is 2.72. The van der Waals surface area contributed by atoms with Gasteiger partial charge in [0.2, 0.25) is 0 Å². The summed E-state index contributed by atoms with van der Waals surface area (Å²) in [6.45, 7) is 1.91. The number of nitriles is 1. The van der Waals surface area contributed by atoms with E-state index in [0.29, 0.717) is 16.5 Å². The summed E-state index contributed by atoms with van der Waals surface area (Å²) in [6.07, 6.45) is 3.25. The highest BCUT2D eigenvalue weighted by Crippen LogP contribution is 2.27. The van der Waals surface area contributed by atoms with Crippen molar-refractivity contribution in [3.63, 3.8) is 0 Å². The van der Waals surface area contributed by atoms with Crippen LogP contribution in [0, 0.1) is 11.3 Å². The number of carbonyl (C=O) groups is 1. The van der Waals surface area contributed by atoms with Crippen LogP contribution in [-0.4, -0.2) is 56.0 Å². The van der Waals surface area contributed by atoms with Gasteiger partial charge in [-0.3, -0.25) is 4.79 Å². The van der Waals surface area contributed by atoms with Crippen LogP contribution in [0.4, 0.5) is 5.69 Å². The maximum Gasteiger partial charge on any atom is 0.266 e. The Labute approximate surface area is 153 Å². The molecular formula is C18H23ClN4O2. The van der Waals surface area contributed by atoms with Crippen LogP contribution in [0.15, 0.2) is 30.0 Å². The van der Waals surface area contributed by atoms with Gasteiger partial charge in [0.15, 0.2) is 0 Å². The van der Waals surface area contributed by atoms with Gasteiger partial charge in [-0.05, 0) is 51.2 Å². The van der Waals surface area contributed by atoms with Crippen LogP contribution in [0.5, 0.6) is 5.75 Å². The van der Waals surface area contributed by atoms with E-state index < -0.39 is 0 Å². The molecule has 1 aliphatic rings. The molecule has 1 aromatic carbocycles. The Morgan fingerprint density at radius 2 is 2.16 bits per heavy atom. The van der Waals surface area contributed by atoms with E-state index in [0.717, 1.165) is 25.9 Å². The Bertz CT molecular complexity index is 691. The van der Waals surface area contributed by atoms with Gasteiger partial charge in [-0.15, -0.1) is 0 Å². The van der Waals surface area contributed by atoms with Gasteiger partial charge in [0.05, 0.1) is 12.1 Å². The van der Waals surface area contributed by atoms with Crippen molar-refractivity contribution in [2.45, 2.75) is 18.9 Å². The molecule has 1 aliphatic heterocycles. The summed E-state index contributed by atoms with van der Waals surface area (Å²) < 4.78 is 5.10. The minimum absolute atomic E-state index is 0.0633. The summed E-state index contributed by atoms with van der Waals surface area (Å²) in [5.74, 6) is 0.291. The van der Waals surface area contributed by atoms with Crippen molar-refractivity contribution in [1.82, 2.24) is 9.80 Å². The molecule has 6 nitrogen and oxygen atoms in total. The molecule has 2 rings (SSSR count). The Balaban J connectivity index is 2.05. The topological polar surface area (TPSA) is 68.6 Å². The van der Waals surface area contributed by atoms with E-state index in [1.54, 1.807) is 37.3 Å². The van der Waals surface area contributed by atoms with Crippen LogP contribution in [0.25, 0.3) is 0 Å². The van der Waals surface area contributed by atoms with E-state index in [2.05, 4.69) is 17.3 Å². The lowest BCUT2D eigenvalue weighted by Crippen LogP contribution is -2.44. The summed E-state index contributed by atoms with van der Waals surface area (Å²) in [4.78, 5) is 16.5. The van der Waals surface area contributed by atoms with Crippen LogP contribution in [0.3, 0.4) is 0 Å². The first-order valence-corrected chi connectivity index (χ1v) is 8.50. The van der Waals surface area contributed by atoms with Crippen LogP contribution in [0.1, 0.15) is 12.8 Å². The highest BCUT2D eigenvalue weighted by molar-refractivity contribution is 6.32. The summed E-state index contributed by atoms with van der Waals surface area (Å²) >= 11 is 6.08. The number of nitrogens with one attached hydrogen (secondary N) is 1. The van der Waals surface area contributed by atoms with E-state index in [-0.39, 0.29) is 17.5 Å². The molecule has 1 fully saturated rings. The van der Waals surface area contributed by atoms with Gasteiger partial charge in [0, 0.05) is 25.0 Å².